The summed E-state index contributed by atoms with van der Waals surface area (Å²) in [5.74, 6) is 0. The van der Waals surface area contributed by atoms with Crippen LogP contribution in [0.25, 0.3) is 22.2 Å². The Morgan fingerprint density at radius 3 is 2.28 bits per heavy atom. The molecule has 4 aromatic rings. The maximum Gasteiger partial charge on any atom is 0.182 e. The summed E-state index contributed by atoms with van der Waals surface area (Å²) in [7, 11) is 0. The van der Waals surface area contributed by atoms with Crippen LogP contribution in [0.3, 0.4) is 0 Å². The number of anilines is 1. The standard InChI is InChI=1S/C21H15ClN2S/c22-17-10-12-18(13-11-17)23-21(25)24-19-9-5-4-8-16(19)14-20(24)15-6-2-1-3-7-15/h1-14H,(H,23,25). The molecule has 1 heterocycles. The van der Waals surface area contributed by atoms with Gasteiger partial charge in [-0.15, -0.1) is 0 Å². The SMILES string of the molecule is S=C(Nc1ccc(Cl)cc1)n1c(-c2ccccc2)cc2ccccc21. The lowest BCUT2D eigenvalue weighted by atomic mass is 10.1. The van der Waals surface area contributed by atoms with Gasteiger partial charge < -0.3 is 5.32 Å². The number of fused-ring (bicyclic) bond motifs is 1. The number of nitrogens with zero attached hydrogens (tertiary/aromatic N) is 1. The molecule has 0 spiro atoms. The Labute approximate surface area is 156 Å². The molecule has 0 amide bonds. The van der Waals surface area contributed by atoms with Crippen LogP contribution >= 0.6 is 23.8 Å². The third kappa shape index (κ3) is 3.16. The number of aromatic nitrogens is 1. The summed E-state index contributed by atoms with van der Waals surface area (Å²) in [6.07, 6.45) is 0. The molecule has 0 saturated heterocycles. The number of halogens is 1. The second-order valence-corrected chi connectivity index (χ2v) is 6.55. The summed E-state index contributed by atoms with van der Waals surface area (Å²) in [5, 5.41) is 5.79. The van der Waals surface area contributed by atoms with E-state index in [2.05, 4.69) is 40.2 Å². The molecular weight excluding hydrogens is 348 g/mol. The Kier molecular flexibility index (Phi) is 4.26. The second kappa shape index (κ2) is 6.71. The van der Waals surface area contributed by atoms with Crippen LogP contribution in [-0.4, -0.2) is 9.68 Å². The number of benzene rings is 3. The van der Waals surface area contributed by atoms with E-state index >= 15 is 0 Å². The third-order valence-corrected chi connectivity index (χ3v) is 4.62. The van der Waals surface area contributed by atoms with Gasteiger partial charge in [-0.2, -0.15) is 0 Å². The van der Waals surface area contributed by atoms with Crippen molar-refractivity contribution in [1.82, 2.24) is 4.57 Å². The molecule has 0 radical (unpaired) electrons. The molecule has 1 aromatic heterocycles. The smallest absolute Gasteiger partial charge is 0.182 e. The summed E-state index contributed by atoms with van der Waals surface area (Å²) < 4.78 is 2.08. The molecule has 1 N–H and O–H groups in total. The minimum absolute atomic E-state index is 0.627. The van der Waals surface area contributed by atoms with Crippen LogP contribution in [0.1, 0.15) is 0 Å². The fraction of sp³-hybridized carbons (Fsp3) is 0. The van der Waals surface area contributed by atoms with E-state index in [0.29, 0.717) is 10.1 Å². The Morgan fingerprint density at radius 1 is 0.840 bits per heavy atom. The average molecular weight is 363 g/mol. The lowest BCUT2D eigenvalue weighted by Gasteiger charge is -2.14. The molecule has 2 nitrogen and oxygen atoms in total. The van der Waals surface area contributed by atoms with Crippen LogP contribution in [-0.2, 0) is 0 Å². The summed E-state index contributed by atoms with van der Waals surface area (Å²) in [5.41, 5.74) is 4.17. The first-order valence-electron chi connectivity index (χ1n) is 7.95. The average Bonchev–Trinajstić information content (AvgIpc) is 3.04. The zero-order chi connectivity index (χ0) is 17.2. The van der Waals surface area contributed by atoms with E-state index in [-0.39, 0.29) is 0 Å². The molecule has 25 heavy (non-hydrogen) atoms. The molecule has 3 aromatic carbocycles. The third-order valence-electron chi connectivity index (χ3n) is 4.08. The van der Waals surface area contributed by atoms with Crippen molar-refractivity contribution in [2.45, 2.75) is 0 Å². The number of para-hydroxylation sites is 1. The molecule has 0 aliphatic rings. The highest BCUT2D eigenvalue weighted by atomic mass is 35.5. The number of hydrogen-bond acceptors (Lipinski definition) is 1. The first kappa shape index (κ1) is 15.9. The van der Waals surface area contributed by atoms with Crippen molar-refractivity contribution in [2.75, 3.05) is 5.32 Å². The van der Waals surface area contributed by atoms with Crippen molar-refractivity contribution in [3.05, 3.63) is 90.0 Å². The minimum Gasteiger partial charge on any atom is -0.332 e. The number of thiocarbonyl (C=S) groups is 1. The fourth-order valence-electron chi connectivity index (χ4n) is 2.91. The van der Waals surface area contributed by atoms with Crippen LogP contribution in [0, 0.1) is 0 Å². The van der Waals surface area contributed by atoms with Gasteiger partial charge in [0.2, 0.25) is 0 Å². The summed E-state index contributed by atoms with van der Waals surface area (Å²) in [6.45, 7) is 0. The van der Waals surface area contributed by atoms with Gasteiger partial charge in [0.15, 0.2) is 5.11 Å². The largest absolute Gasteiger partial charge is 0.332 e. The first-order chi connectivity index (χ1) is 12.2. The molecule has 0 unspecified atom stereocenters. The van der Waals surface area contributed by atoms with Gasteiger partial charge in [0.05, 0.1) is 11.2 Å². The zero-order valence-electron chi connectivity index (χ0n) is 13.3. The quantitative estimate of drug-likeness (QED) is 0.427. The maximum atomic E-state index is 5.97. The maximum absolute atomic E-state index is 5.97. The Morgan fingerprint density at radius 2 is 1.52 bits per heavy atom. The second-order valence-electron chi connectivity index (χ2n) is 5.73. The van der Waals surface area contributed by atoms with Crippen LogP contribution in [0.5, 0.6) is 0 Å². The van der Waals surface area contributed by atoms with Crippen LogP contribution in [0.2, 0.25) is 5.02 Å². The van der Waals surface area contributed by atoms with E-state index in [1.807, 2.05) is 54.6 Å². The van der Waals surface area contributed by atoms with E-state index in [1.54, 1.807) is 0 Å². The van der Waals surface area contributed by atoms with Gasteiger partial charge in [-0.3, -0.25) is 4.57 Å². The minimum atomic E-state index is 0.627. The van der Waals surface area contributed by atoms with Crippen molar-refractivity contribution < 1.29 is 0 Å². The molecule has 122 valence electrons. The molecule has 0 fully saturated rings. The number of rotatable bonds is 2. The Hall–Kier alpha value is -2.62. The Balaban J connectivity index is 1.82. The van der Waals surface area contributed by atoms with E-state index < -0.39 is 0 Å². The van der Waals surface area contributed by atoms with Crippen molar-refractivity contribution in [1.29, 1.82) is 0 Å². The highest BCUT2D eigenvalue weighted by molar-refractivity contribution is 7.80. The highest BCUT2D eigenvalue weighted by Crippen LogP contribution is 2.28. The van der Waals surface area contributed by atoms with E-state index in [1.165, 1.54) is 0 Å². The molecule has 4 rings (SSSR count). The van der Waals surface area contributed by atoms with Crippen molar-refractivity contribution in [2.24, 2.45) is 0 Å². The van der Waals surface area contributed by atoms with Gasteiger partial charge in [0.1, 0.15) is 0 Å². The topological polar surface area (TPSA) is 17.0 Å². The van der Waals surface area contributed by atoms with Crippen molar-refractivity contribution in [3.8, 4) is 11.3 Å². The molecule has 0 bridgehead atoms. The molecule has 0 aliphatic heterocycles. The van der Waals surface area contributed by atoms with Gasteiger partial charge in [-0.25, -0.2) is 0 Å². The van der Waals surface area contributed by atoms with Crippen LogP contribution < -0.4 is 5.32 Å². The zero-order valence-corrected chi connectivity index (χ0v) is 14.9. The number of nitrogens with one attached hydrogen (secondary N) is 1. The summed E-state index contributed by atoms with van der Waals surface area (Å²) in [4.78, 5) is 0. The monoisotopic (exact) mass is 362 g/mol. The predicted octanol–water partition coefficient (Wildman–Crippen LogP) is 6.21. The fourth-order valence-corrected chi connectivity index (χ4v) is 3.35. The Bertz CT molecular complexity index is 1040. The lowest BCUT2D eigenvalue weighted by Crippen LogP contribution is -2.19. The van der Waals surface area contributed by atoms with Gasteiger partial charge in [0, 0.05) is 16.1 Å². The predicted molar refractivity (Wildman–Crippen MR) is 110 cm³/mol. The van der Waals surface area contributed by atoms with Gasteiger partial charge in [-0.05, 0) is 54.2 Å². The number of hydrogen-bond donors (Lipinski definition) is 1. The van der Waals surface area contributed by atoms with Crippen molar-refractivity contribution in [3.63, 3.8) is 0 Å². The van der Waals surface area contributed by atoms with Crippen LogP contribution in [0.15, 0.2) is 84.9 Å². The normalized spacial score (nSPS) is 10.8. The van der Waals surface area contributed by atoms with Gasteiger partial charge in [-0.1, -0.05) is 60.1 Å². The molecule has 0 saturated carbocycles. The van der Waals surface area contributed by atoms with E-state index in [0.717, 1.165) is 27.8 Å². The molecule has 0 atom stereocenters. The van der Waals surface area contributed by atoms with Gasteiger partial charge in [0.25, 0.3) is 0 Å². The van der Waals surface area contributed by atoms with Crippen molar-refractivity contribution >= 4 is 45.5 Å². The molecule has 4 heteroatoms. The first-order valence-corrected chi connectivity index (χ1v) is 8.74. The van der Waals surface area contributed by atoms with Gasteiger partial charge >= 0.3 is 0 Å². The molecule has 0 aliphatic carbocycles. The van der Waals surface area contributed by atoms with Crippen LogP contribution in [0.4, 0.5) is 5.69 Å². The summed E-state index contributed by atoms with van der Waals surface area (Å²) >= 11 is 11.7. The van der Waals surface area contributed by atoms with E-state index in [4.69, 9.17) is 23.8 Å². The lowest BCUT2D eigenvalue weighted by molar-refractivity contribution is 1.24. The molecular formula is C21H15ClN2S. The van der Waals surface area contributed by atoms with E-state index in [9.17, 15) is 0 Å². The summed E-state index contributed by atoms with van der Waals surface area (Å²) in [6, 6.07) is 28.2. The highest BCUT2D eigenvalue weighted by Gasteiger charge is 2.14.